The minimum absolute atomic E-state index is 0.228. The Bertz CT molecular complexity index is 426. The van der Waals surface area contributed by atoms with Crippen LogP contribution in [0, 0.1) is 0 Å². The average molecular weight is 273 g/mol. The molecule has 0 unspecified atom stereocenters. The van der Waals surface area contributed by atoms with Crippen LogP contribution in [0.3, 0.4) is 0 Å². The molecule has 0 aliphatic rings. The van der Waals surface area contributed by atoms with Crippen molar-refractivity contribution in [3.63, 3.8) is 0 Å². The highest BCUT2D eigenvalue weighted by atomic mass is 35.5. The first-order valence-corrected chi connectivity index (χ1v) is 5.98. The van der Waals surface area contributed by atoms with Crippen molar-refractivity contribution in [1.29, 1.82) is 0 Å². The quantitative estimate of drug-likeness (QED) is 0.731. The van der Waals surface area contributed by atoms with E-state index in [2.05, 4.69) is 23.3 Å². The van der Waals surface area contributed by atoms with Gasteiger partial charge in [0.1, 0.15) is 6.04 Å². The molecule has 6 heteroatoms. The molecule has 0 fully saturated rings. The van der Waals surface area contributed by atoms with E-state index in [1.807, 2.05) is 0 Å². The van der Waals surface area contributed by atoms with Crippen LogP contribution in [0.2, 0.25) is 5.02 Å². The van der Waals surface area contributed by atoms with E-state index >= 15 is 0 Å². The third kappa shape index (κ3) is 4.66. The maximum Gasteiger partial charge on any atom is 0.247 e. The Morgan fingerprint density at radius 3 is 2.71 bits per heavy atom. The summed E-state index contributed by atoms with van der Waals surface area (Å²) in [5.41, 5.74) is 0.583. The lowest BCUT2D eigenvalue weighted by Crippen LogP contribution is -2.44. The largest absolute Gasteiger partial charge is 0.344 e. The molecule has 17 heavy (non-hydrogen) atoms. The van der Waals surface area contributed by atoms with Crippen molar-refractivity contribution in [3.05, 3.63) is 29.3 Å². The molecule has 0 spiro atoms. The Kier molecular flexibility index (Phi) is 5.31. The molecule has 0 radical (unpaired) electrons. The minimum Gasteiger partial charge on any atom is -0.344 e. The highest BCUT2D eigenvalue weighted by Crippen LogP contribution is 2.15. The summed E-state index contributed by atoms with van der Waals surface area (Å²) in [4.78, 5) is 22.7. The lowest BCUT2D eigenvalue weighted by atomic mass is 10.2. The number of halogens is 1. The molecule has 1 aromatic carbocycles. The van der Waals surface area contributed by atoms with Gasteiger partial charge in [-0.3, -0.25) is 9.59 Å². The summed E-state index contributed by atoms with van der Waals surface area (Å²) in [5, 5.41) is 5.69. The van der Waals surface area contributed by atoms with Crippen LogP contribution in [0.5, 0.6) is 0 Å². The Morgan fingerprint density at radius 1 is 1.47 bits per heavy atom. The van der Waals surface area contributed by atoms with Gasteiger partial charge in [-0.25, -0.2) is 0 Å². The fraction of sp³-hybridized carbons (Fsp3) is 0.273. The molecule has 0 heterocycles. The number of anilines is 1. The van der Waals surface area contributed by atoms with Crippen LogP contribution in [0.15, 0.2) is 24.3 Å². The van der Waals surface area contributed by atoms with E-state index in [-0.39, 0.29) is 17.6 Å². The van der Waals surface area contributed by atoms with Crippen LogP contribution in [0.1, 0.15) is 6.92 Å². The minimum atomic E-state index is -0.658. The maximum absolute atomic E-state index is 11.8. The van der Waals surface area contributed by atoms with Crippen LogP contribution < -0.4 is 10.6 Å². The molecule has 0 aliphatic carbocycles. The summed E-state index contributed by atoms with van der Waals surface area (Å²) in [6.07, 6.45) is 0. The molecule has 1 aromatic rings. The van der Waals surface area contributed by atoms with Crippen LogP contribution in [0.25, 0.3) is 0 Å². The second-order valence-corrected chi connectivity index (χ2v) is 4.24. The summed E-state index contributed by atoms with van der Waals surface area (Å²) in [5.74, 6) is -0.367. The van der Waals surface area contributed by atoms with Crippen LogP contribution in [-0.4, -0.2) is 23.6 Å². The van der Waals surface area contributed by atoms with E-state index in [4.69, 9.17) is 11.6 Å². The molecule has 1 rings (SSSR count). The zero-order chi connectivity index (χ0) is 12.8. The van der Waals surface area contributed by atoms with Gasteiger partial charge in [0.15, 0.2) is 0 Å². The highest BCUT2D eigenvalue weighted by Gasteiger charge is 2.17. The van der Waals surface area contributed by atoms with Gasteiger partial charge >= 0.3 is 0 Å². The Balaban J connectivity index is 2.67. The fourth-order valence-corrected chi connectivity index (χ4v) is 1.68. The van der Waals surface area contributed by atoms with Crippen LogP contribution >= 0.6 is 24.2 Å². The van der Waals surface area contributed by atoms with Gasteiger partial charge in [0.25, 0.3) is 0 Å². The van der Waals surface area contributed by atoms with Crippen molar-refractivity contribution in [2.75, 3.05) is 11.1 Å². The van der Waals surface area contributed by atoms with Gasteiger partial charge in [-0.2, -0.15) is 12.6 Å². The first-order chi connectivity index (χ1) is 8.02. The Hall–Kier alpha value is -1.20. The standard InChI is InChI=1S/C11H13ClN2O2S/c1-7(15)13-10(6-17)11(16)14-9-4-2-3-8(12)5-9/h2-5,10,17H,6H2,1H3,(H,13,15)(H,14,16)/t10-/m0/s1. The third-order valence-corrected chi connectivity index (χ3v) is 2.57. The third-order valence-electron chi connectivity index (χ3n) is 1.97. The van der Waals surface area contributed by atoms with Gasteiger partial charge in [0.2, 0.25) is 11.8 Å². The monoisotopic (exact) mass is 272 g/mol. The van der Waals surface area contributed by atoms with Crippen molar-refractivity contribution >= 4 is 41.7 Å². The number of carbonyl (C=O) groups excluding carboxylic acids is 2. The zero-order valence-corrected chi connectivity index (χ0v) is 10.9. The van der Waals surface area contributed by atoms with E-state index in [0.717, 1.165) is 0 Å². The number of carbonyl (C=O) groups is 2. The number of benzene rings is 1. The van der Waals surface area contributed by atoms with Crippen molar-refractivity contribution < 1.29 is 9.59 Å². The van der Waals surface area contributed by atoms with Gasteiger partial charge in [-0.15, -0.1) is 0 Å². The predicted octanol–water partition coefficient (Wildman–Crippen LogP) is 1.71. The van der Waals surface area contributed by atoms with Crippen molar-refractivity contribution in [2.24, 2.45) is 0 Å². The van der Waals surface area contributed by atoms with Crippen molar-refractivity contribution in [1.82, 2.24) is 5.32 Å². The Labute approximate surface area is 110 Å². The van der Waals surface area contributed by atoms with E-state index in [1.165, 1.54) is 6.92 Å². The number of rotatable bonds is 4. The first-order valence-electron chi connectivity index (χ1n) is 4.97. The zero-order valence-electron chi connectivity index (χ0n) is 9.24. The van der Waals surface area contributed by atoms with Crippen molar-refractivity contribution in [2.45, 2.75) is 13.0 Å². The molecule has 2 amide bonds. The summed E-state index contributed by atoms with van der Waals surface area (Å²) in [7, 11) is 0. The molecule has 92 valence electrons. The fourth-order valence-electron chi connectivity index (χ4n) is 1.24. The lowest BCUT2D eigenvalue weighted by Gasteiger charge is -2.15. The van der Waals surface area contributed by atoms with Gasteiger partial charge in [0.05, 0.1) is 0 Å². The molecule has 0 aromatic heterocycles. The SMILES string of the molecule is CC(=O)N[C@@H](CS)C(=O)Nc1cccc(Cl)c1. The second-order valence-electron chi connectivity index (χ2n) is 3.44. The van der Waals surface area contributed by atoms with E-state index in [9.17, 15) is 9.59 Å². The van der Waals surface area contributed by atoms with E-state index in [0.29, 0.717) is 10.7 Å². The molecule has 0 saturated heterocycles. The topological polar surface area (TPSA) is 58.2 Å². The number of hydrogen-bond acceptors (Lipinski definition) is 3. The van der Waals surface area contributed by atoms with E-state index < -0.39 is 6.04 Å². The van der Waals surface area contributed by atoms with Gasteiger partial charge in [-0.05, 0) is 18.2 Å². The summed E-state index contributed by atoms with van der Waals surface area (Å²) < 4.78 is 0. The molecule has 0 saturated carbocycles. The molecular weight excluding hydrogens is 260 g/mol. The number of thiol groups is 1. The first kappa shape index (κ1) is 13.9. The highest BCUT2D eigenvalue weighted by molar-refractivity contribution is 7.80. The number of amides is 2. The molecule has 4 nitrogen and oxygen atoms in total. The smallest absolute Gasteiger partial charge is 0.247 e. The Morgan fingerprint density at radius 2 is 2.18 bits per heavy atom. The van der Waals surface area contributed by atoms with Gasteiger partial charge in [0, 0.05) is 23.4 Å². The maximum atomic E-state index is 11.8. The molecule has 2 N–H and O–H groups in total. The summed E-state index contributed by atoms with van der Waals surface area (Å²) in [6.45, 7) is 1.35. The molecular formula is C11H13ClN2O2S. The average Bonchev–Trinajstić information content (AvgIpc) is 2.25. The molecule has 1 atom stereocenters. The van der Waals surface area contributed by atoms with Gasteiger partial charge in [-0.1, -0.05) is 17.7 Å². The predicted molar refractivity (Wildman–Crippen MR) is 71.5 cm³/mol. The second kappa shape index (κ2) is 6.51. The van der Waals surface area contributed by atoms with Crippen molar-refractivity contribution in [3.8, 4) is 0 Å². The van der Waals surface area contributed by atoms with E-state index in [1.54, 1.807) is 24.3 Å². The lowest BCUT2D eigenvalue weighted by molar-refractivity contribution is -0.124. The number of hydrogen-bond donors (Lipinski definition) is 3. The summed E-state index contributed by atoms with van der Waals surface area (Å²) in [6, 6.07) is 6.12. The normalized spacial score (nSPS) is 11.7. The molecule has 0 bridgehead atoms. The van der Waals surface area contributed by atoms with Gasteiger partial charge < -0.3 is 10.6 Å². The van der Waals surface area contributed by atoms with Crippen LogP contribution in [-0.2, 0) is 9.59 Å². The molecule has 0 aliphatic heterocycles. The number of nitrogens with one attached hydrogen (secondary N) is 2. The summed E-state index contributed by atoms with van der Waals surface area (Å²) >= 11 is 9.80. The van der Waals surface area contributed by atoms with Crippen LogP contribution in [0.4, 0.5) is 5.69 Å².